The molecule has 2 aromatic carbocycles. The van der Waals surface area contributed by atoms with Crippen LogP contribution in [0.1, 0.15) is 36.6 Å². The summed E-state index contributed by atoms with van der Waals surface area (Å²) in [5.74, 6) is 0.849. The first-order valence-corrected chi connectivity index (χ1v) is 7.86. The van der Waals surface area contributed by atoms with Crippen LogP contribution in [0.25, 0.3) is 0 Å². The highest BCUT2D eigenvalue weighted by atomic mass is 35.5. The Morgan fingerprint density at radius 1 is 1.18 bits per heavy atom. The first-order chi connectivity index (χ1) is 10.7. The molecule has 0 radical (unpaired) electrons. The highest BCUT2D eigenvalue weighted by Crippen LogP contribution is 2.28. The van der Waals surface area contributed by atoms with Gasteiger partial charge in [0.05, 0.1) is 13.2 Å². The summed E-state index contributed by atoms with van der Waals surface area (Å²) < 4.78 is 5.67. The van der Waals surface area contributed by atoms with Crippen LogP contribution >= 0.6 is 11.6 Å². The summed E-state index contributed by atoms with van der Waals surface area (Å²) in [6, 6.07) is 13.6. The Morgan fingerprint density at radius 3 is 2.59 bits per heavy atom. The summed E-state index contributed by atoms with van der Waals surface area (Å²) in [4.78, 5) is 0. The van der Waals surface area contributed by atoms with E-state index in [0.29, 0.717) is 18.2 Å². The van der Waals surface area contributed by atoms with Crippen LogP contribution in [0.5, 0.6) is 5.75 Å². The maximum atomic E-state index is 9.39. The maximum Gasteiger partial charge on any atom is 0.124 e. The molecule has 0 fully saturated rings. The van der Waals surface area contributed by atoms with Gasteiger partial charge in [-0.15, -0.1) is 0 Å². The average Bonchev–Trinajstić information content (AvgIpc) is 2.54. The SMILES string of the molecule is CCOc1ccc(Cl)cc1C(C)NCc1ccccc1CO. The summed E-state index contributed by atoms with van der Waals surface area (Å²) in [7, 11) is 0. The largest absolute Gasteiger partial charge is 0.494 e. The van der Waals surface area contributed by atoms with E-state index in [9.17, 15) is 5.11 Å². The maximum absolute atomic E-state index is 9.39. The lowest BCUT2D eigenvalue weighted by Crippen LogP contribution is -2.19. The highest BCUT2D eigenvalue weighted by Gasteiger charge is 2.12. The standard InChI is InChI=1S/C18H22ClNO2/c1-3-22-18-9-8-16(19)10-17(18)13(2)20-11-14-6-4-5-7-15(14)12-21/h4-10,13,20-21H,3,11-12H2,1-2H3. The zero-order valence-corrected chi connectivity index (χ0v) is 13.7. The van der Waals surface area contributed by atoms with E-state index in [-0.39, 0.29) is 12.6 Å². The molecule has 0 heterocycles. The molecule has 0 aliphatic carbocycles. The van der Waals surface area contributed by atoms with E-state index >= 15 is 0 Å². The van der Waals surface area contributed by atoms with Crippen molar-refractivity contribution >= 4 is 11.6 Å². The highest BCUT2D eigenvalue weighted by molar-refractivity contribution is 6.30. The fourth-order valence-electron chi connectivity index (χ4n) is 2.40. The quantitative estimate of drug-likeness (QED) is 0.808. The molecule has 0 aliphatic heterocycles. The summed E-state index contributed by atoms with van der Waals surface area (Å²) >= 11 is 6.11. The second-order valence-electron chi connectivity index (χ2n) is 5.14. The molecule has 4 heteroatoms. The first kappa shape index (κ1) is 16.8. The fourth-order valence-corrected chi connectivity index (χ4v) is 2.58. The van der Waals surface area contributed by atoms with Crippen LogP contribution in [-0.2, 0) is 13.2 Å². The molecule has 0 aromatic heterocycles. The van der Waals surface area contributed by atoms with Crippen molar-refractivity contribution in [3.63, 3.8) is 0 Å². The number of ether oxygens (including phenoxy) is 1. The zero-order chi connectivity index (χ0) is 15.9. The summed E-state index contributed by atoms with van der Waals surface area (Å²) in [5.41, 5.74) is 3.07. The van der Waals surface area contributed by atoms with Gasteiger partial charge in [0.2, 0.25) is 0 Å². The van der Waals surface area contributed by atoms with Gasteiger partial charge >= 0.3 is 0 Å². The van der Waals surface area contributed by atoms with Crippen molar-refractivity contribution < 1.29 is 9.84 Å². The van der Waals surface area contributed by atoms with Crippen molar-refractivity contribution in [1.82, 2.24) is 5.32 Å². The molecule has 2 N–H and O–H groups in total. The third-order valence-electron chi connectivity index (χ3n) is 3.63. The van der Waals surface area contributed by atoms with Crippen LogP contribution < -0.4 is 10.1 Å². The van der Waals surface area contributed by atoms with Gasteiger partial charge in [0.25, 0.3) is 0 Å². The molecular formula is C18H22ClNO2. The van der Waals surface area contributed by atoms with Crippen molar-refractivity contribution in [2.75, 3.05) is 6.61 Å². The summed E-state index contributed by atoms with van der Waals surface area (Å²) in [5, 5.41) is 13.5. The molecule has 0 bridgehead atoms. The van der Waals surface area contributed by atoms with E-state index in [1.54, 1.807) is 0 Å². The minimum absolute atomic E-state index is 0.0492. The second kappa shape index (κ2) is 8.18. The van der Waals surface area contributed by atoms with Gasteiger partial charge in [-0.1, -0.05) is 35.9 Å². The molecule has 3 nitrogen and oxygen atoms in total. The van der Waals surface area contributed by atoms with E-state index in [4.69, 9.17) is 16.3 Å². The second-order valence-corrected chi connectivity index (χ2v) is 5.58. The average molecular weight is 320 g/mol. The normalized spacial score (nSPS) is 12.2. The van der Waals surface area contributed by atoms with Gasteiger partial charge in [-0.25, -0.2) is 0 Å². The molecule has 118 valence electrons. The third kappa shape index (κ3) is 4.23. The molecule has 0 amide bonds. The van der Waals surface area contributed by atoms with Gasteiger partial charge in [0.15, 0.2) is 0 Å². The van der Waals surface area contributed by atoms with E-state index in [0.717, 1.165) is 22.4 Å². The Hall–Kier alpha value is -1.55. The fraction of sp³-hybridized carbons (Fsp3) is 0.333. The Labute approximate surface area is 136 Å². The predicted octanol–water partition coefficient (Wildman–Crippen LogP) is 4.08. The lowest BCUT2D eigenvalue weighted by Gasteiger charge is -2.19. The topological polar surface area (TPSA) is 41.5 Å². The number of aliphatic hydroxyl groups is 1. The molecule has 0 aliphatic rings. The Morgan fingerprint density at radius 2 is 1.91 bits per heavy atom. The van der Waals surface area contributed by atoms with E-state index in [2.05, 4.69) is 12.2 Å². The van der Waals surface area contributed by atoms with Gasteiger partial charge in [-0.3, -0.25) is 0 Å². The van der Waals surface area contributed by atoms with Crippen molar-refractivity contribution in [1.29, 1.82) is 0 Å². The number of hydrogen-bond acceptors (Lipinski definition) is 3. The summed E-state index contributed by atoms with van der Waals surface area (Å²) in [6.07, 6.45) is 0. The molecule has 1 unspecified atom stereocenters. The van der Waals surface area contributed by atoms with Crippen LogP contribution in [0.4, 0.5) is 0 Å². The van der Waals surface area contributed by atoms with Crippen LogP contribution in [0.2, 0.25) is 5.02 Å². The number of nitrogens with one attached hydrogen (secondary N) is 1. The molecule has 0 spiro atoms. The summed E-state index contributed by atoms with van der Waals surface area (Å²) in [6.45, 7) is 5.39. The molecule has 2 aromatic rings. The number of hydrogen-bond donors (Lipinski definition) is 2. The van der Waals surface area contributed by atoms with Crippen LogP contribution in [0.3, 0.4) is 0 Å². The minimum atomic E-state index is 0.0492. The molecule has 0 saturated carbocycles. The smallest absolute Gasteiger partial charge is 0.124 e. The van der Waals surface area contributed by atoms with Crippen molar-refractivity contribution in [2.24, 2.45) is 0 Å². The molecule has 0 saturated heterocycles. The van der Waals surface area contributed by atoms with Gasteiger partial charge in [-0.2, -0.15) is 0 Å². The van der Waals surface area contributed by atoms with Crippen molar-refractivity contribution in [3.8, 4) is 5.75 Å². The van der Waals surface area contributed by atoms with Gasteiger partial charge in [-0.05, 0) is 43.2 Å². The van der Waals surface area contributed by atoms with Crippen molar-refractivity contribution in [2.45, 2.75) is 33.0 Å². The Kier molecular flexibility index (Phi) is 6.25. The Balaban J connectivity index is 2.12. The Bertz CT molecular complexity index is 616. The number of rotatable bonds is 7. The van der Waals surface area contributed by atoms with Gasteiger partial charge in [0.1, 0.15) is 5.75 Å². The van der Waals surface area contributed by atoms with E-state index in [1.807, 2.05) is 49.4 Å². The van der Waals surface area contributed by atoms with E-state index < -0.39 is 0 Å². The van der Waals surface area contributed by atoms with Crippen LogP contribution in [0, 0.1) is 0 Å². The van der Waals surface area contributed by atoms with Crippen LogP contribution in [0.15, 0.2) is 42.5 Å². The van der Waals surface area contributed by atoms with Gasteiger partial charge < -0.3 is 15.2 Å². The monoisotopic (exact) mass is 319 g/mol. The molecular weight excluding hydrogens is 298 g/mol. The lowest BCUT2D eigenvalue weighted by atomic mass is 10.0. The number of aliphatic hydroxyl groups excluding tert-OH is 1. The van der Waals surface area contributed by atoms with Crippen LogP contribution in [-0.4, -0.2) is 11.7 Å². The molecule has 1 atom stereocenters. The lowest BCUT2D eigenvalue weighted by molar-refractivity contribution is 0.280. The zero-order valence-electron chi connectivity index (χ0n) is 13.0. The third-order valence-corrected chi connectivity index (χ3v) is 3.86. The van der Waals surface area contributed by atoms with Gasteiger partial charge in [0, 0.05) is 23.2 Å². The molecule has 2 rings (SSSR count). The van der Waals surface area contributed by atoms with Crippen molar-refractivity contribution in [3.05, 3.63) is 64.2 Å². The molecule has 22 heavy (non-hydrogen) atoms. The number of benzene rings is 2. The predicted molar refractivity (Wildman–Crippen MR) is 90.2 cm³/mol. The van der Waals surface area contributed by atoms with E-state index in [1.165, 1.54) is 0 Å². The minimum Gasteiger partial charge on any atom is -0.494 e. The first-order valence-electron chi connectivity index (χ1n) is 7.49. The number of halogens is 1.